The van der Waals surface area contributed by atoms with E-state index in [4.69, 9.17) is 10.00 Å². The summed E-state index contributed by atoms with van der Waals surface area (Å²) in [4.78, 5) is 16.2. The summed E-state index contributed by atoms with van der Waals surface area (Å²) >= 11 is 0. The van der Waals surface area contributed by atoms with E-state index in [9.17, 15) is 4.79 Å². The van der Waals surface area contributed by atoms with Crippen molar-refractivity contribution in [3.8, 4) is 11.8 Å². The molecule has 2 aromatic carbocycles. The molecule has 0 spiro atoms. The van der Waals surface area contributed by atoms with Crippen molar-refractivity contribution in [1.82, 2.24) is 4.98 Å². The number of benzene rings is 2. The largest absolute Gasteiger partial charge is 0.493 e. The van der Waals surface area contributed by atoms with E-state index < -0.39 is 0 Å². The number of carbonyl (C=O) groups is 1. The van der Waals surface area contributed by atoms with Crippen LogP contribution in [0.4, 0.5) is 17.2 Å². The Morgan fingerprint density at radius 2 is 1.74 bits per heavy atom. The predicted molar refractivity (Wildman–Crippen MR) is 104 cm³/mol. The van der Waals surface area contributed by atoms with Gasteiger partial charge in [0.25, 0.3) is 0 Å². The normalized spacial score (nSPS) is 9.89. The van der Waals surface area contributed by atoms with Crippen molar-refractivity contribution in [3.05, 3.63) is 78.5 Å². The van der Waals surface area contributed by atoms with E-state index in [1.54, 1.807) is 24.4 Å². The average Bonchev–Trinajstić information content (AvgIpc) is 2.71. The highest BCUT2D eigenvalue weighted by Gasteiger charge is 2.04. The maximum Gasteiger partial charge on any atom is 0.228 e. The highest BCUT2D eigenvalue weighted by atomic mass is 16.5. The summed E-state index contributed by atoms with van der Waals surface area (Å²) in [6, 6.07) is 22.1. The number of aromatic nitrogens is 1. The van der Waals surface area contributed by atoms with Crippen molar-refractivity contribution in [2.45, 2.75) is 6.42 Å². The smallest absolute Gasteiger partial charge is 0.228 e. The van der Waals surface area contributed by atoms with Crippen molar-refractivity contribution in [3.63, 3.8) is 0 Å². The number of hydrogen-bond donors (Lipinski definition) is 2. The van der Waals surface area contributed by atoms with Gasteiger partial charge in [-0.15, -0.1) is 0 Å². The number of amides is 1. The van der Waals surface area contributed by atoms with Crippen LogP contribution < -0.4 is 15.4 Å². The molecule has 0 saturated carbocycles. The number of para-hydroxylation sites is 1. The topological polar surface area (TPSA) is 87.0 Å². The van der Waals surface area contributed by atoms with Crippen LogP contribution >= 0.6 is 0 Å². The lowest BCUT2D eigenvalue weighted by atomic mass is 10.2. The molecule has 1 aromatic heterocycles. The molecular formula is C21H18N4O2. The highest BCUT2D eigenvalue weighted by Crippen LogP contribution is 2.17. The van der Waals surface area contributed by atoms with Gasteiger partial charge in [0.15, 0.2) is 0 Å². The highest BCUT2D eigenvalue weighted by molar-refractivity contribution is 5.89. The Balaban J connectivity index is 1.46. The van der Waals surface area contributed by atoms with Crippen LogP contribution in [-0.2, 0) is 4.79 Å². The van der Waals surface area contributed by atoms with Gasteiger partial charge < -0.3 is 15.4 Å². The van der Waals surface area contributed by atoms with Gasteiger partial charge >= 0.3 is 0 Å². The molecule has 0 fully saturated rings. The molecule has 134 valence electrons. The third-order valence-corrected chi connectivity index (χ3v) is 3.67. The molecule has 1 amide bonds. The van der Waals surface area contributed by atoms with E-state index in [1.807, 2.05) is 48.5 Å². The van der Waals surface area contributed by atoms with Crippen molar-refractivity contribution in [1.29, 1.82) is 5.26 Å². The van der Waals surface area contributed by atoms with Crippen LogP contribution in [0.15, 0.2) is 72.9 Å². The summed E-state index contributed by atoms with van der Waals surface area (Å²) in [5.41, 5.74) is 2.24. The van der Waals surface area contributed by atoms with Crippen LogP contribution in [0.2, 0.25) is 0 Å². The van der Waals surface area contributed by atoms with Crippen LogP contribution in [0.3, 0.4) is 0 Å². The number of nitrogens with zero attached hydrogens (tertiary/aromatic N) is 2. The minimum Gasteiger partial charge on any atom is -0.493 e. The summed E-state index contributed by atoms with van der Waals surface area (Å²) in [6.45, 7) is 0.300. The van der Waals surface area contributed by atoms with Gasteiger partial charge in [0.2, 0.25) is 5.91 Å². The minimum atomic E-state index is -0.161. The van der Waals surface area contributed by atoms with Crippen LogP contribution in [-0.4, -0.2) is 17.5 Å². The van der Waals surface area contributed by atoms with E-state index in [1.165, 1.54) is 0 Å². The molecule has 6 heteroatoms. The van der Waals surface area contributed by atoms with Gasteiger partial charge in [0, 0.05) is 5.69 Å². The molecule has 0 unspecified atom stereocenters. The van der Waals surface area contributed by atoms with Gasteiger partial charge in [0.05, 0.1) is 36.5 Å². The number of rotatable bonds is 7. The number of anilines is 3. The van der Waals surface area contributed by atoms with Gasteiger partial charge in [-0.3, -0.25) is 4.79 Å². The van der Waals surface area contributed by atoms with Gasteiger partial charge in [-0.25, -0.2) is 4.98 Å². The molecule has 0 radical (unpaired) electrons. The fraction of sp³-hybridized carbons (Fsp3) is 0.0952. The Morgan fingerprint density at radius 3 is 2.41 bits per heavy atom. The first-order valence-electron chi connectivity index (χ1n) is 8.44. The Bertz CT molecular complexity index is 917. The summed E-state index contributed by atoms with van der Waals surface area (Å²) < 4.78 is 5.50. The fourth-order valence-electron chi connectivity index (χ4n) is 2.32. The number of pyridine rings is 1. The summed E-state index contributed by atoms with van der Waals surface area (Å²) in [5.74, 6) is 1.05. The quantitative estimate of drug-likeness (QED) is 0.664. The standard InChI is InChI=1S/C21H18N4O2/c22-14-16-6-8-17(9-7-16)24-18-10-11-20(23-15-18)25-21(26)12-13-27-19-4-2-1-3-5-19/h1-11,15,24H,12-13H2,(H,23,25,26). The van der Waals surface area contributed by atoms with Crippen molar-refractivity contribution < 1.29 is 9.53 Å². The molecule has 0 aliphatic rings. The minimum absolute atomic E-state index is 0.161. The van der Waals surface area contributed by atoms with E-state index in [0.717, 1.165) is 17.1 Å². The molecule has 0 aliphatic heterocycles. The maximum absolute atomic E-state index is 12.0. The Hall–Kier alpha value is -3.85. The van der Waals surface area contributed by atoms with Gasteiger partial charge in [-0.2, -0.15) is 5.26 Å². The van der Waals surface area contributed by atoms with E-state index in [-0.39, 0.29) is 12.3 Å². The third-order valence-electron chi connectivity index (χ3n) is 3.67. The summed E-state index contributed by atoms with van der Waals surface area (Å²) in [5, 5.41) is 14.7. The lowest BCUT2D eigenvalue weighted by molar-refractivity contribution is -0.116. The second kappa shape index (κ2) is 9.02. The molecule has 0 bridgehead atoms. The molecule has 3 rings (SSSR count). The molecule has 0 atom stereocenters. The van der Waals surface area contributed by atoms with Crippen LogP contribution in [0.1, 0.15) is 12.0 Å². The van der Waals surface area contributed by atoms with E-state index in [2.05, 4.69) is 21.7 Å². The molecule has 0 saturated heterocycles. The summed E-state index contributed by atoms with van der Waals surface area (Å²) in [7, 11) is 0. The zero-order valence-corrected chi connectivity index (χ0v) is 14.6. The monoisotopic (exact) mass is 358 g/mol. The van der Waals surface area contributed by atoms with Gasteiger partial charge in [-0.1, -0.05) is 18.2 Å². The molecule has 0 aliphatic carbocycles. The number of hydrogen-bond acceptors (Lipinski definition) is 5. The number of nitriles is 1. The SMILES string of the molecule is N#Cc1ccc(Nc2ccc(NC(=O)CCOc3ccccc3)nc2)cc1. The number of carbonyl (C=O) groups excluding carboxylic acids is 1. The first-order valence-corrected chi connectivity index (χ1v) is 8.44. The van der Waals surface area contributed by atoms with Gasteiger partial charge in [0.1, 0.15) is 11.6 Å². The number of ether oxygens (including phenoxy) is 1. The maximum atomic E-state index is 12.0. The summed E-state index contributed by atoms with van der Waals surface area (Å²) in [6.07, 6.45) is 1.87. The first kappa shape index (κ1) is 18.0. The molecule has 3 aromatic rings. The molecule has 6 nitrogen and oxygen atoms in total. The zero-order valence-electron chi connectivity index (χ0n) is 14.6. The first-order chi connectivity index (χ1) is 13.2. The zero-order chi connectivity index (χ0) is 18.9. The van der Waals surface area contributed by atoms with Crippen molar-refractivity contribution in [2.24, 2.45) is 0 Å². The Labute approximate surface area is 157 Å². The fourth-order valence-corrected chi connectivity index (χ4v) is 2.32. The predicted octanol–water partition coefficient (Wildman–Crippen LogP) is 4.10. The van der Waals surface area contributed by atoms with E-state index in [0.29, 0.717) is 18.0 Å². The van der Waals surface area contributed by atoms with Crippen molar-refractivity contribution >= 4 is 23.1 Å². The third kappa shape index (κ3) is 5.58. The van der Waals surface area contributed by atoms with E-state index >= 15 is 0 Å². The van der Waals surface area contributed by atoms with Crippen molar-refractivity contribution in [2.75, 3.05) is 17.2 Å². The Morgan fingerprint density at radius 1 is 1.00 bits per heavy atom. The lowest BCUT2D eigenvalue weighted by Gasteiger charge is -2.09. The Kier molecular flexibility index (Phi) is 6.00. The lowest BCUT2D eigenvalue weighted by Crippen LogP contribution is -2.15. The number of nitrogens with one attached hydrogen (secondary N) is 2. The van der Waals surface area contributed by atoms with Crippen LogP contribution in [0.25, 0.3) is 0 Å². The average molecular weight is 358 g/mol. The second-order valence-electron chi connectivity index (χ2n) is 5.71. The van der Waals surface area contributed by atoms with Gasteiger partial charge in [-0.05, 0) is 48.5 Å². The molecule has 27 heavy (non-hydrogen) atoms. The molecule has 1 heterocycles. The van der Waals surface area contributed by atoms with Crippen LogP contribution in [0, 0.1) is 11.3 Å². The van der Waals surface area contributed by atoms with Crippen LogP contribution in [0.5, 0.6) is 5.75 Å². The molecular weight excluding hydrogens is 340 g/mol. The molecule has 2 N–H and O–H groups in total. The second-order valence-corrected chi connectivity index (χ2v) is 5.71.